The van der Waals surface area contributed by atoms with Crippen LogP contribution in [0.2, 0.25) is 5.02 Å². The van der Waals surface area contributed by atoms with E-state index in [1.807, 2.05) is 25.1 Å². The molecule has 1 aliphatic rings. The van der Waals surface area contributed by atoms with Gasteiger partial charge in [0, 0.05) is 22.6 Å². The summed E-state index contributed by atoms with van der Waals surface area (Å²) in [7, 11) is 0. The molecular formula is C21H24ClNOS. The minimum atomic E-state index is 0.227. The Morgan fingerprint density at radius 3 is 2.64 bits per heavy atom. The quantitative estimate of drug-likeness (QED) is 0.550. The molecule has 1 N–H and O–H groups in total. The summed E-state index contributed by atoms with van der Waals surface area (Å²) in [5.74, 6) is 1.09. The summed E-state index contributed by atoms with van der Waals surface area (Å²) >= 11 is 8.30. The van der Waals surface area contributed by atoms with Crippen molar-refractivity contribution in [3.63, 3.8) is 0 Å². The highest BCUT2D eigenvalue weighted by atomic mass is 35.5. The van der Waals surface area contributed by atoms with E-state index in [0.29, 0.717) is 6.42 Å². The SMILES string of the molecule is CCCC(=O)c1ccc(CSc2c(Cl)ccc3c2CCNCC3)cc1. The van der Waals surface area contributed by atoms with Crippen LogP contribution in [-0.2, 0) is 18.6 Å². The van der Waals surface area contributed by atoms with Crippen molar-refractivity contribution in [1.82, 2.24) is 5.32 Å². The van der Waals surface area contributed by atoms with E-state index in [9.17, 15) is 4.79 Å². The number of thioether (sulfide) groups is 1. The molecule has 0 amide bonds. The van der Waals surface area contributed by atoms with Crippen molar-refractivity contribution in [3.8, 4) is 0 Å². The van der Waals surface area contributed by atoms with Crippen molar-refractivity contribution < 1.29 is 4.79 Å². The van der Waals surface area contributed by atoms with Gasteiger partial charge < -0.3 is 5.32 Å². The highest BCUT2D eigenvalue weighted by Crippen LogP contribution is 2.36. The van der Waals surface area contributed by atoms with E-state index in [4.69, 9.17) is 11.6 Å². The van der Waals surface area contributed by atoms with Crippen molar-refractivity contribution >= 4 is 29.1 Å². The van der Waals surface area contributed by atoms with Crippen molar-refractivity contribution in [2.45, 2.75) is 43.3 Å². The Hall–Kier alpha value is -1.29. The van der Waals surface area contributed by atoms with Gasteiger partial charge in [-0.2, -0.15) is 0 Å². The average Bonchev–Trinajstić information content (AvgIpc) is 2.87. The molecule has 0 aromatic heterocycles. The van der Waals surface area contributed by atoms with Gasteiger partial charge in [0.05, 0.1) is 5.02 Å². The monoisotopic (exact) mass is 373 g/mol. The molecule has 0 fully saturated rings. The Labute approximate surface area is 159 Å². The van der Waals surface area contributed by atoms with Gasteiger partial charge in [0.1, 0.15) is 0 Å². The number of Topliss-reactive ketones (excluding diaryl/α,β-unsaturated/α-hetero) is 1. The first kappa shape index (κ1) is 18.5. The molecule has 2 nitrogen and oxygen atoms in total. The number of ketones is 1. The van der Waals surface area contributed by atoms with Crippen LogP contribution in [0, 0.1) is 0 Å². The Morgan fingerprint density at radius 2 is 1.88 bits per heavy atom. The summed E-state index contributed by atoms with van der Waals surface area (Å²) < 4.78 is 0. The lowest BCUT2D eigenvalue weighted by Gasteiger charge is -2.14. The van der Waals surface area contributed by atoms with Crippen LogP contribution in [0.5, 0.6) is 0 Å². The number of hydrogen-bond donors (Lipinski definition) is 1. The van der Waals surface area contributed by atoms with Crippen LogP contribution in [0.25, 0.3) is 0 Å². The van der Waals surface area contributed by atoms with Gasteiger partial charge in [-0.05, 0) is 55.1 Å². The number of fused-ring (bicyclic) bond motifs is 1. The summed E-state index contributed by atoms with van der Waals surface area (Å²) in [6.45, 7) is 4.08. The van der Waals surface area contributed by atoms with Gasteiger partial charge in [-0.3, -0.25) is 4.79 Å². The fraction of sp³-hybridized carbons (Fsp3) is 0.381. The molecule has 0 radical (unpaired) electrons. The average molecular weight is 374 g/mol. The van der Waals surface area contributed by atoms with Crippen LogP contribution in [0.15, 0.2) is 41.3 Å². The third kappa shape index (κ3) is 4.66. The van der Waals surface area contributed by atoms with E-state index in [2.05, 4.69) is 23.5 Å². The fourth-order valence-corrected chi connectivity index (χ4v) is 4.64. The van der Waals surface area contributed by atoms with Crippen molar-refractivity contribution in [3.05, 3.63) is 63.7 Å². The number of benzene rings is 2. The summed E-state index contributed by atoms with van der Waals surface area (Å²) in [5, 5.41) is 4.31. The normalized spacial score (nSPS) is 14.0. The third-order valence-electron chi connectivity index (χ3n) is 4.57. The highest BCUT2D eigenvalue weighted by Gasteiger charge is 2.15. The zero-order chi connectivity index (χ0) is 17.6. The lowest BCUT2D eigenvalue weighted by atomic mass is 10.0. The molecule has 1 heterocycles. The molecule has 132 valence electrons. The molecule has 0 unspecified atom stereocenters. The first-order valence-electron chi connectivity index (χ1n) is 8.95. The van der Waals surface area contributed by atoms with E-state index in [1.54, 1.807) is 11.8 Å². The van der Waals surface area contributed by atoms with Gasteiger partial charge in [0.15, 0.2) is 5.78 Å². The van der Waals surface area contributed by atoms with Gasteiger partial charge in [0.25, 0.3) is 0 Å². The van der Waals surface area contributed by atoms with E-state index >= 15 is 0 Å². The zero-order valence-electron chi connectivity index (χ0n) is 14.6. The molecule has 0 saturated carbocycles. The predicted octanol–water partition coefficient (Wildman–Crippen LogP) is 5.30. The summed E-state index contributed by atoms with van der Waals surface area (Å²) in [5.41, 5.74) is 4.85. The lowest BCUT2D eigenvalue weighted by Crippen LogP contribution is -2.16. The van der Waals surface area contributed by atoms with Gasteiger partial charge in [-0.15, -0.1) is 11.8 Å². The molecule has 0 aliphatic carbocycles. The van der Waals surface area contributed by atoms with Crippen LogP contribution in [0.1, 0.15) is 46.8 Å². The first-order valence-corrected chi connectivity index (χ1v) is 10.3. The molecule has 0 spiro atoms. The molecule has 4 heteroatoms. The fourth-order valence-electron chi connectivity index (χ4n) is 3.18. The van der Waals surface area contributed by atoms with Gasteiger partial charge >= 0.3 is 0 Å². The van der Waals surface area contributed by atoms with Gasteiger partial charge in [-0.25, -0.2) is 0 Å². The number of rotatable bonds is 6. The maximum atomic E-state index is 11.9. The standard InChI is InChI=1S/C21H24ClNOS/c1-2-3-20(24)17-6-4-15(5-7-17)14-25-21-18-11-13-23-12-10-16(18)8-9-19(21)22/h4-9,23H,2-3,10-14H2,1H3. The molecule has 0 atom stereocenters. The molecule has 1 aliphatic heterocycles. The topological polar surface area (TPSA) is 29.1 Å². The number of nitrogens with one attached hydrogen (secondary N) is 1. The lowest BCUT2D eigenvalue weighted by molar-refractivity contribution is 0.0982. The van der Waals surface area contributed by atoms with Gasteiger partial charge in [0.2, 0.25) is 0 Å². The highest BCUT2D eigenvalue weighted by molar-refractivity contribution is 7.98. The van der Waals surface area contributed by atoms with Gasteiger partial charge in [-0.1, -0.05) is 48.9 Å². The number of halogens is 1. The number of carbonyl (C=O) groups is 1. The van der Waals surface area contributed by atoms with Crippen LogP contribution in [-0.4, -0.2) is 18.9 Å². The molecule has 0 saturated heterocycles. The van der Waals surface area contributed by atoms with Crippen molar-refractivity contribution in [2.75, 3.05) is 13.1 Å². The number of carbonyl (C=O) groups excluding carboxylic acids is 1. The third-order valence-corrected chi connectivity index (χ3v) is 6.23. The smallest absolute Gasteiger partial charge is 0.162 e. The van der Waals surface area contributed by atoms with Crippen LogP contribution in [0.4, 0.5) is 0 Å². The summed E-state index contributed by atoms with van der Waals surface area (Å²) in [6, 6.07) is 12.2. The predicted molar refractivity (Wildman–Crippen MR) is 107 cm³/mol. The Kier molecular flexibility index (Phi) is 6.57. The molecule has 2 aromatic carbocycles. The van der Waals surface area contributed by atoms with E-state index in [0.717, 1.165) is 48.7 Å². The number of hydrogen-bond acceptors (Lipinski definition) is 3. The van der Waals surface area contributed by atoms with Crippen molar-refractivity contribution in [1.29, 1.82) is 0 Å². The maximum absolute atomic E-state index is 11.9. The minimum absolute atomic E-state index is 0.227. The van der Waals surface area contributed by atoms with E-state index in [1.165, 1.54) is 21.6 Å². The second-order valence-corrected chi connectivity index (χ2v) is 7.82. The Morgan fingerprint density at radius 1 is 1.12 bits per heavy atom. The Balaban J connectivity index is 1.72. The zero-order valence-corrected chi connectivity index (χ0v) is 16.2. The molecule has 0 bridgehead atoms. The summed E-state index contributed by atoms with van der Waals surface area (Å²) in [4.78, 5) is 13.2. The first-order chi connectivity index (χ1) is 12.2. The molecule has 2 aromatic rings. The van der Waals surface area contributed by atoms with E-state index < -0.39 is 0 Å². The minimum Gasteiger partial charge on any atom is -0.316 e. The second-order valence-electron chi connectivity index (χ2n) is 6.42. The van der Waals surface area contributed by atoms with Crippen LogP contribution < -0.4 is 5.32 Å². The van der Waals surface area contributed by atoms with E-state index in [-0.39, 0.29) is 5.78 Å². The molecule has 25 heavy (non-hydrogen) atoms. The second kappa shape index (κ2) is 8.88. The largest absolute Gasteiger partial charge is 0.316 e. The Bertz CT molecular complexity index is 742. The van der Waals surface area contributed by atoms with Crippen LogP contribution >= 0.6 is 23.4 Å². The molecular weight excluding hydrogens is 350 g/mol. The van der Waals surface area contributed by atoms with Crippen LogP contribution in [0.3, 0.4) is 0 Å². The molecule has 3 rings (SSSR count). The van der Waals surface area contributed by atoms with Crippen molar-refractivity contribution in [2.24, 2.45) is 0 Å². The maximum Gasteiger partial charge on any atom is 0.162 e. The summed E-state index contributed by atoms with van der Waals surface area (Å²) in [6.07, 6.45) is 3.60.